The maximum absolute atomic E-state index is 6.20. The lowest BCUT2D eigenvalue weighted by atomic mass is 10.1. The van der Waals surface area contributed by atoms with Crippen LogP contribution in [0.2, 0.25) is 16.6 Å². The molecule has 0 spiro atoms. The molecule has 0 fully saturated rings. The second-order valence-electron chi connectivity index (χ2n) is 8.13. The lowest BCUT2D eigenvalue weighted by Crippen LogP contribution is -2.58. The van der Waals surface area contributed by atoms with Gasteiger partial charge in [0.2, 0.25) is 0 Å². The highest BCUT2D eigenvalue weighted by Crippen LogP contribution is 2.41. The predicted octanol–water partition coefficient (Wildman–Crippen LogP) is 4.86. The molecule has 0 aliphatic carbocycles. The number of nitrogens with zero attached hydrogens (tertiary/aromatic N) is 3. The van der Waals surface area contributed by atoms with Gasteiger partial charge in [-0.3, -0.25) is 0 Å². The third-order valence-electron chi connectivity index (χ3n) is 5.97. The van der Waals surface area contributed by atoms with Crippen LogP contribution in [0.5, 0.6) is 0 Å². The van der Waals surface area contributed by atoms with Crippen molar-refractivity contribution in [2.24, 2.45) is 0 Å². The van der Waals surface area contributed by atoms with E-state index in [2.05, 4.69) is 74.6 Å². The lowest BCUT2D eigenvalue weighted by molar-refractivity contribution is 0.807. The summed E-state index contributed by atoms with van der Waals surface area (Å²) >= 11 is 0. The van der Waals surface area contributed by atoms with Gasteiger partial charge in [-0.15, -0.1) is 5.10 Å². The number of anilines is 1. The Hall–Kier alpha value is -2.14. The van der Waals surface area contributed by atoms with Gasteiger partial charge in [-0.05, 0) is 34.8 Å². The van der Waals surface area contributed by atoms with E-state index < -0.39 is 8.07 Å². The fourth-order valence-corrected chi connectivity index (χ4v) is 11.7. The van der Waals surface area contributed by atoms with Gasteiger partial charge in [-0.2, -0.15) is 0 Å². The van der Waals surface area contributed by atoms with E-state index in [-0.39, 0.29) is 0 Å². The predicted molar refractivity (Wildman–Crippen MR) is 114 cm³/mol. The second-order valence-corrected chi connectivity index (χ2v) is 14.0. The summed E-state index contributed by atoms with van der Waals surface area (Å²) in [5.41, 5.74) is 11.6. The Bertz CT molecular complexity index is 889. The molecule has 2 N–H and O–H groups in total. The number of rotatable bonds is 5. The Morgan fingerprint density at radius 2 is 1.46 bits per heavy atom. The number of fused-ring (bicyclic) bond motifs is 1. The minimum absolute atomic E-state index is 0.613. The van der Waals surface area contributed by atoms with Crippen molar-refractivity contribution in [1.82, 2.24) is 14.8 Å². The molecule has 0 amide bonds. The molecule has 0 saturated heterocycles. The molecular weight excluding hydrogens is 336 g/mol. The highest BCUT2D eigenvalue weighted by Gasteiger charge is 2.46. The van der Waals surface area contributed by atoms with Gasteiger partial charge in [-0.25, -0.2) is 4.52 Å². The van der Waals surface area contributed by atoms with Crippen molar-refractivity contribution >= 4 is 24.6 Å². The van der Waals surface area contributed by atoms with Gasteiger partial charge in [0.15, 0.2) is 0 Å². The Morgan fingerprint density at radius 1 is 0.846 bits per heavy atom. The van der Waals surface area contributed by atoms with Crippen LogP contribution in [0.1, 0.15) is 41.5 Å². The van der Waals surface area contributed by atoms with E-state index in [1.54, 1.807) is 0 Å². The summed E-state index contributed by atoms with van der Waals surface area (Å²) in [5, 5.41) is 10.5. The first kappa shape index (κ1) is 18.6. The van der Waals surface area contributed by atoms with Gasteiger partial charge >= 0.3 is 0 Å². The van der Waals surface area contributed by atoms with Crippen molar-refractivity contribution in [3.8, 4) is 11.3 Å². The number of nitrogen functional groups attached to an aromatic ring is 1. The van der Waals surface area contributed by atoms with Gasteiger partial charge in [0.25, 0.3) is 0 Å². The smallest absolute Gasteiger partial charge is 0.122 e. The van der Waals surface area contributed by atoms with Crippen LogP contribution < -0.4 is 11.1 Å². The van der Waals surface area contributed by atoms with Crippen LogP contribution >= 0.6 is 0 Å². The molecule has 26 heavy (non-hydrogen) atoms. The fraction of sp³-hybridized carbons (Fsp3) is 0.429. The fourth-order valence-electron chi connectivity index (χ4n) is 5.04. The van der Waals surface area contributed by atoms with Crippen LogP contribution in [0, 0.1) is 0 Å². The van der Waals surface area contributed by atoms with Gasteiger partial charge in [-0.1, -0.05) is 71.0 Å². The molecule has 0 unspecified atom stereocenters. The maximum Gasteiger partial charge on any atom is 0.122 e. The van der Waals surface area contributed by atoms with E-state index in [0.717, 1.165) is 22.5 Å². The minimum atomic E-state index is -1.84. The summed E-state index contributed by atoms with van der Waals surface area (Å²) in [6.07, 6.45) is 0. The van der Waals surface area contributed by atoms with Crippen LogP contribution in [-0.4, -0.2) is 22.9 Å². The maximum atomic E-state index is 6.20. The van der Waals surface area contributed by atoms with Crippen LogP contribution in [0.3, 0.4) is 0 Å². The van der Waals surface area contributed by atoms with Crippen molar-refractivity contribution < 1.29 is 0 Å². The minimum Gasteiger partial charge on any atom is -0.398 e. The van der Waals surface area contributed by atoms with E-state index in [1.807, 2.05) is 24.3 Å². The summed E-state index contributed by atoms with van der Waals surface area (Å²) < 4.78 is 2.09. The molecule has 2 aromatic heterocycles. The van der Waals surface area contributed by atoms with Gasteiger partial charge < -0.3 is 5.73 Å². The van der Waals surface area contributed by atoms with E-state index in [0.29, 0.717) is 16.6 Å². The average molecular weight is 367 g/mol. The third-order valence-corrected chi connectivity index (χ3v) is 13.0. The molecular formula is C21H30N4Si. The topological polar surface area (TPSA) is 56.2 Å². The number of para-hydroxylation sites is 1. The molecule has 0 bridgehead atoms. The molecule has 3 aromatic rings. The molecule has 5 heteroatoms. The van der Waals surface area contributed by atoms with E-state index in [9.17, 15) is 0 Å². The molecule has 0 radical (unpaired) electrons. The molecule has 0 saturated carbocycles. The average Bonchev–Trinajstić information content (AvgIpc) is 2.99. The molecule has 2 heterocycles. The monoisotopic (exact) mass is 366 g/mol. The zero-order valence-corrected chi connectivity index (χ0v) is 17.7. The van der Waals surface area contributed by atoms with Crippen LogP contribution in [0.15, 0.2) is 42.5 Å². The molecule has 0 aliphatic heterocycles. The summed E-state index contributed by atoms with van der Waals surface area (Å²) in [5.74, 6) is 0. The highest BCUT2D eigenvalue weighted by atomic mass is 28.3. The zero-order chi connectivity index (χ0) is 19.1. The van der Waals surface area contributed by atoms with E-state index in [4.69, 9.17) is 5.73 Å². The molecule has 138 valence electrons. The highest BCUT2D eigenvalue weighted by molar-refractivity contribution is 6.94. The molecule has 1 aromatic carbocycles. The number of hydrogen-bond acceptors (Lipinski definition) is 3. The molecule has 4 nitrogen and oxygen atoms in total. The van der Waals surface area contributed by atoms with Crippen LogP contribution in [-0.2, 0) is 0 Å². The second kappa shape index (κ2) is 6.87. The van der Waals surface area contributed by atoms with Gasteiger partial charge in [0, 0.05) is 16.6 Å². The SMILES string of the molecule is CC(C)[Si](c1cccc2c(-c3ccccc3N)nnn12)(C(C)C)C(C)C. The van der Waals surface area contributed by atoms with Crippen molar-refractivity contribution in [3.63, 3.8) is 0 Å². The quantitative estimate of drug-likeness (QED) is 0.518. The first-order valence-corrected chi connectivity index (χ1v) is 11.7. The van der Waals surface area contributed by atoms with Crippen LogP contribution in [0.25, 0.3) is 16.8 Å². The number of nitrogens with two attached hydrogens (primary N) is 1. The standard InChI is InChI=1S/C21H30N4Si/c1-14(2)26(15(3)4,16(5)6)20-13-9-12-19-21(23-24-25(19)20)17-10-7-8-11-18(17)22/h7-16H,22H2,1-6H3. The zero-order valence-electron chi connectivity index (χ0n) is 16.7. The van der Waals surface area contributed by atoms with Gasteiger partial charge in [0.1, 0.15) is 13.8 Å². The van der Waals surface area contributed by atoms with Crippen molar-refractivity contribution in [2.75, 3.05) is 5.73 Å². The normalized spacial score (nSPS) is 12.7. The Kier molecular flexibility index (Phi) is 4.93. The third kappa shape index (κ3) is 2.65. The largest absolute Gasteiger partial charge is 0.398 e. The summed E-state index contributed by atoms with van der Waals surface area (Å²) in [6, 6.07) is 14.4. The Balaban J connectivity index is 2.31. The van der Waals surface area contributed by atoms with E-state index in [1.165, 1.54) is 5.32 Å². The van der Waals surface area contributed by atoms with Gasteiger partial charge in [0.05, 0.1) is 5.52 Å². The summed E-state index contributed by atoms with van der Waals surface area (Å²) in [6.45, 7) is 14.2. The first-order chi connectivity index (χ1) is 12.3. The molecule has 0 atom stereocenters. The number of aromatic nitrogens is 3. The van der Waals surface area contributed by atoms with Crippen molar-refractivity contribution in [2.45, 2.75) is 58.2 Å². The first-order valence-electron chi connectivity index (χ1n) is 9.51. The van der Waals surface area contributed by atoms with Crippen LogP contribution in [0.4, 0.5) is 5.69 Å². The molecule has 0 aliphatic rings. The van der Waals surface area contributed by atoms with Crippen molar-refractivity contribution in [3.05, 3.63) is 42.5 Å². The Labute approximate surface area is 157 Å². The molecule has 3 rings (SSSR count). The van der Waals surface area contributed by atoms with Crippen molar-refractivity contribution in [1.29, 1.82) is 0 Å². The number of hydrogen-bond donors (Lipinski definition) is 1. The number of benzene rings is 1. The lowest BCUT2D eigenvalue weighted by Gasteiger charge is -2.43. The summed E-state index contributed by atoms with van der Waals surface area (Å²) in [7, 11) is -1.84. The van der Waals surface area contributed by atoms with E-state index >= 15 is 0 Å². The Morgan fingerprint density at radius 3 is 2.04 bits per heavy atom. The summed E-state index contributed by atoms with van der Waals surface area (Å²) in [4.78, 5) is 0. The number of pyridine rings is 1.